The number of benzene rings is 3. The standard InChI is InChI=1S/C23H16N4O3/c28-23(19-4-2-1-3-5-19)15-8-17-6-11-20(12-7-17)26-22(16-24-25-26)18-9-13-21(14-10-18)27(29)30/h1-16H/b15-8+. The van der Waals surface area contributed by atoms with Crippen LogP contribution in [0.4, 0.5) is 5.69 Å². The van der Waals surface area contributed by atoms with Crippen molar-refractivity contribution in [1.82, 2.24) is 15.0 Å². The van der Waals surface area contributed by atoms with Gasteiger partial charge in [0, 0.05) is 23.3 Å². The fourth-order valence-electron chi connectivity index (χ4n) is 2.97. The Hall–Kier alpha value is -4.39. The van der Waals surface area contributed by atoms with Crippen LogP contribution in [0.15, 0.2) is 91.1 Å². The fraction of sp³-hybridized carbons (Fsp3) is 0. The predicted molar refractivity (Wildman–Crippen MR) is 113 cm³/mol. The molecule has 7 nitrogen and oxygen atoms in total. The summed E-state index contributed by atoms with van der Waals surface area (Å²) in [5, 5.41) is 18.9. The highest BCUT2D eigenvalue weighted by molar-refractivity contribution is 6.06. The second kappa shape index (κ2) is 8.32. The first-order chi connectivity index (χ1) is 14.6. The lowest BCUT2D eigenvalue weighted by atomic mass is 10.1. The molecular weight excluding hydrogens is 380 g/mol. The van der Waals surface area contributed by atoms with Crippen LogP contribution in [0.25, 0.3) is 23.0 Å². The van der Waals surface area contributed by atoms with E-state index in [2.05, 4.69) is 10.3 Å². The number of carbonyl (C=O) groups excluding carboxylic acids is 1. The molecule has 0 aliphatic carbocycles. The molecule has 0 aliphatic heterocycles. The maximum atomic E-state index is 12.2. The number of hydrogen-bond donors (Lipinski definition) is 0. The maximum Gasteiger partial charge on any atom is 0.269 e. The Morgan fingerprint density at radius 3 is 2.30 bits per heavy atom. The van der Waals surface area contributed by atoms with E-state index in [1.807, 2.05) is 42.5 Å². The van der Waals surface area contributed by atoms with Crippen LogP contribution >= 0.6 is 0 Å². The third-order valence-electron chi connectivity index (χ3n) is 4.55. The number of nitro groups is 1. The van der Waals surface area contributed by atoms with Gasteiger partial charge in [0.15, 0.2) is 5.78 Å². The van der Waals surface area contributed by atoms with Crippen LogP contribution in [0.1, 0.15) is 15.9 Å². The molecule has 4 aromatic rings. The minimum Gasteiger partial charge on any atom is -0.289 e. The van der Waals surface area contributed by atoms with Gasteiger partial charge < -0.3 is 0 Å². The third kappa shape index (κ3) is 4.05. The summed E-state index contributed by atoms with van der Waals surface area (Å²) in [6.07, 6.45) is 4.91. The van der Waals surface area contributed by atoms with E-state index < -0.39 is 4.92 Å². The predicted octanol–water partition coefficient (Wildman–Crippen LogP) is 4.74. The quantitative estimate of drug-likeness (QED) is 0.203. The van der Waals surface area contributed by atoms with Crippen LogP contribution in [0, 0.1) is 10.1 Å². The maximum absolute atomic E-state index is 12.2. The lowest BCUT2D eigenvalue weighted by Crippen LogP contribution is -1.99. The van der Waals surface area contributed by atoms with E-state index in [0.29, 0.717) is 11.3 Å². The summed E-state index contributed by atoms with van der Waals surface area (Å²) < 4.78 is 1.66. The van der Waals surface area contributed by atoms with Crippen LogP contribution in [0.5, 0.6) is 0 Å². The van der Waals surface area contributed by atoms with Crippen molar-refractivity contribution in [2.75, 3.05) is 0 Å². The lowest BCUT2D eigenvalue weighted by molar-refractivity contribution is -0.384. The Bertz CT molecular complexity index is 1210. The van der Waals surface area contributed by atoms with Crippen molar-refractivity contribution in [3.8, 4) is 16.9 Å². The summed E-state index contributed by atoms with van der Waals surface area (Å²) in [4.78, 5) is 22.6. The summed E-state index contributed by atoms with van der Waals surface area (Å²) in [5.41, 5.74) is 3.81. The number of aromatic nitrogens is 3. The van der Waals surface area contributed by atoms with Gasteiger partial charge in [-0.3, -0.25) is 14.9 Å². The van der Waals surface area contributed by atoms with Gasteiger partial charge in [-0.05, 0) is 35.9 Å². The topological polar surface area (TPSA) is 90.9 Å². The molecule has 0 saturated heterocycles. The van der Waals surface area contributed by atoms with Crippen molar-refractivity contribution in [2.24, 2.45) is 0 Å². The zero-order chi connectivity index (χ0) is 20.9. The summed E-state index contributed by atoms with van der Waals surface area (Å²) in [6.45, 7) is 0. The first kappa shape index (κ1) is 18.9. The van der Waals surface area contributed by atoms with Crippen LogP contribution in [0.2, 0.25) is 0 Å². The highest BCUT2D eigenvalue weighted by Gasteiger charge is 2.11. The van der Waals surface area contributed by atoms with Crippen molar-refractivity contribution in [3.63, 3.8) is 0 Å². The minimum absolute atomic E-state index is 0.0268. The molecule has 3 aromatic carbocycles. The smallest absolute Gasteiger partial charge is 0.269 e. The number of nitro benzene ring substituents is 1. The average molecular weight is 396 g/mol. The Morgan fingerprint density at radius 2 is 1.63 bits per heavy atom. The molecule has 1 heterocycles. The molecule has 4 rings (SSSR count). The molecule has 0 radical (unpaired) electrons. The molecule has 0 atom stereocenters. The molecule has 0 N–H and O–H groups in total. The van der Waals surface area contributed by atoms with Crippen molar-refractivity contribution in [3.05, 3.63) is 112 Å². The van der Waals surface area contributed by atoms with Gasteiger partial charge in [0.1, 0.15) is 0 Å². The molecule has 30 heavy (non-hydrogen) atoms. The van der Waals surface area contributed by atoms with Crippen LogP contribution in [0.3, 0.4) is 0 Å². The number of hydrogen-bond acceptors (Lipinski definition) is 5. The van der Waals surface area contributed by atoms with Crippen molar-refractivity contribution >= 4 is 17.5 Å². The minimum atomic E-state index is -0.436. The number of ketones is 1. The molecule has 1 aromatic heterocycles. The first-order valence-electron chi connectivity index (χ1n) is 9.15. The van der Waals surface area contributed by atoms with Gasteiger partial charge in [0.25, 0.3) is 5.69 Å². The second-order valence-corrected chi connectivity index (χ2v) is 6.49. The Morgan fingerprint density at radius 1 is 0.933 bits per heavy atom. The normalized spacial score (nSPS) is 10.9. The SMILES string of the molecule is O=C(/C=C/c1ccc(-n2nncc2-c2ccc([N+](=O)[O-])cc2)cc1)c1ccccc1. The van der Waals surface area contributed by atoms with E-state index in [-0.39, 0.29) is 11.5 Å². The number of nitrogens with zero attached hydrogens (tertiary/aromatic N) is 4. The van der Waals surface area contributed by atoms with E-state index >= 15 is 0 Å². The Kier molecular flexibility index (Phi) is 5.25. The van der Waals surface area contributed by atoms with Gasteiger partial charge in [0.05, 0.1) is 22.5 Å². The zero-order valence-electron chi connectivity index (χ0n) is 15.8. The zero-order valence-corrected chi connectivity index (χ0v) is 15.8. The molecule has 0 fully saturated rings. The van der Waals surface area contributed by atoms with E-state index in [9.17, 15) is 14.9 Å². The van der Waals surface area contributed by atoms with Crippen LogP contribution in [-0.2, 0) is 0 Å². The van der Waals surface area contributed by atoms with Gasteiger partial charge in [-0.15, -0.1) is 5.10 Å². The number of allylic oxidation sites excluding steroid dienone is 1. The lowest BCUT2D eigenvalue weighted by Gasteiger charge is -2.06. The third-order valence-corrected chi connectivity index (χ3v) is 4.55. The molecule has 146 valence electrons. The molecule has 0 spiro atoms. The largest absolute Gasteiger partial charge is 0.289 e. The van der Waals surface area contributed by atoms with Gasteiger partial charge in [0.2, 0.25) is 0 Å². The molecule has 0 bridgehead atoms. The molecule has 0 unspecified atom stereocenters. The fourth-order valence-corrected chi connectivity index (χ4v) is 2.97. The Balaban J connectivity index is 1.54. The van der Waals surface area contributed by atoms with Crippen LogP contribution < -0.4 is 0 Å². The number of non-ortho nitro benzene ring substituents is 1. The highest BCUT2D eigenvalue weighted by Crippen LogP contribution is 2.24. The van der Waals surface area contributed by atoms with Gasteiger partial charge >= 0.3 is 0 Å². The van der Waals surface area contributed by atoms with Crippen molar-refractivity contribution in [2.45, 2.75) is 0 Å². The monoisotopic (exact) mass is 396 g/mol. The molecular formula is C23H16N4O3. The number of rotatable bonds is 6. The van der Waals surface area contributed by atoms with Gasteiger partial charge in [-0.2, -0.15) is 0 Å². The Labute approximate surface area is 172 Å². The van der Waals surface area contributed by atoms with E-state index in [4.69, 9.17) is 0 Å². The molecule has 0 amide bonds. The van der Waals surface area contributed by atoms with Gasteiger partial charge in [-0.1, -0.05) is 53.8 Å². The first-order valence-corrected chi connectivity index (χ1v) is 9.15. The average Bonchev–Trinajstić information content (AvgIpc) is 3.28. The van der Waals surface area contributed by atoms with Crippen molar-refractivity contribution in [1.29, 1.82) is 0 Å². The molecule has 7 heteroatoms. The van der Waals surface area contributed by atoms with Crippen LogP contribution in [-0.4, -0.2) is 25.7 Å². The van der Waals surface area contributed by atoms with E-state index in [0.717, 1.165) is 16.8 Å². The highest BCUT2D eigenvalue weighted by atomic mass is 16.6. The van der Waals surface area contributed by atoms with Gasteiger partial charge in [-0.25, -0.2) is 4.68 Å². The molecule has 0 saturated carbocycles. The van der Waals surface area contributed by atoms with E-state index in [1.54, 1.807) is 47.3 Å². The van der Waals surface area contributed by atoms with Crippen molar-refractivity contribution < 1.29 is 9.72 Å². The van der Waals surface area contributed by atoms with E-state index in [1.165, 1.54) is 12.1 Å². The molecule has 0 aliphatic rings. The summed E-state index contributed by atoms with van der Waals surface area (Å²) in [7, 11) is 0. The summed E-state index contributed by atoms with van der Waals surface area (Å²) in [6, 6.07) is 22.8. The second-order valence-electron chi connectivity index (χ2n) is 6.49. The summed E-state index contributed by atoms with van der Waals surface area (Å²) in [5.74, 6) is -0.0589. The summed E-state index contributed by atoms with van der Waals surface area (Å²) >= 11 is 0. The number of carbonyl (C=O) groups is 1.